The predicted molar refractivity (Wildman–Crippen MR) is 68.1 cm³/mol. The van der Waals surface area contributed by atoms with Crippen LogP contribution in [0.1, 0.15) is 37.3 Å². The van der Waals surface area contributed by atoms with Crippen LogP contribution in [0.4, 0.5) is 0 Å². The number of rotatable bonds is 1. The largest absolute Gasteiger partial charge is 0.306 e. The minimum atomic E-state index is 0.436. The lowest BCUT2D eigenvalue weighted by molar-refractivity contribution is 0.551. The number of hydrogen-bond donors (Lipinski definition) is 0. The van der Waals surface area contributed by atoms with Gasteiger partial charge in [0.25, 0.3) is 0 Å². The zero-order chi connectivity index (χ0) is 11.6. The average molecular weight is 226 g/mol. The van der Waals surface area contributed by atoms with E-state index in [4.69, 9.17) is 0 Å². The molecule has 2 saturated carbocycles. The van der Waals surface area contributed by atoms with E-state index in [-0.39, 0.29) is 0 Å². The van der Waals surface area contributed by atoms with Gasteiger partial charge in [-0.15, -0.1) is 0 Å². The molecule has 2 aliphatic rings. The van der Waals surface area contributed by atoms with Crippen molar-refractivity contribution in [1.29, 1.82) is 0 Å². The van der Waals surface area contributed by atoms with Gasteiger partial charge in [-0.1, -0.05) is 19.4 Å². The molecule has 0 amide bonds. The lowest BCUT2D eigenvalue weighted by Gasteiger charge is -2.18. The Balaban J connectivity index is 1.94. The van der Waals surface area contributed by atoms with E-state index in [0.29, 0.717) is 5.41 Å². The normalized spacial score (nSPS) is 35.2. The molecule has 0 aromatic carbocycles. The van der Waals surface area contributed by atoms with Crippen LogP contribution < -0.4 is 0 Å². The first kappa shape index (κ1) is 9.69. The number of nitrogens with zero attached hydrogens (tertiary/aromatic N) is 2. The average Bonchev–Trinajstić information content (AvgIpc) is 2.79. The lowest BCUT2D eigenvalue weighted by Crippen LogP contribution is -2.11. The molecule has 4 rings (SSSR count). The van der Waals surface area contributed by atoms with Crippen LogP contribution in [0.2, 0.25) is 0 Å². The first-order chi connectivity index (χ1) is 8.21. The Hall–Kier alpha value is -1.31. The molecule has 2 nitrogen and oxygen atoms in total. The Morgan fingerprint density at radius 1 is 1.35 bits per heavy atom. The number of aromatic nitrogens is 2. The molecule has 2 unspecified atom stereocenters. The molecule has 0 saturated heterocycles. The summed E-state index contributed by atoms with van der Waals surface area (Å²) in [5, 5.41) is 0. The molecular formula is C15H18N2. The predicted octanol–water partition coefficient (Wildman–Crippen LogP) is 3.33. The molecule has 0 radical (unpaired) electrons. The maximum Gasteiger partial charge on any atom is 0.0992 e. The topological polar surface area (TPSA) is 17.3 Å². The van der Waals surface area contributed by atoms with Gasteiger partial charge in [0.2, 0.25) is 0 Å². The smallest absolute Gasteiger partial charge is 0.0992 e. The molecule has 0 N–H and O–H groups in total. The van der Waals surface area contributed by atoms with Crippen molar-refractivity contribution in [3.8, 4) is 0 Å². The van der Waals surface area contributed by atoms with E-state index in [1.54, 1.807) is 0 Å². The van der Waals surface area contributed by atoms with Crippen molar-refractivity contribution in [2.45, 2.75) is 38.5 Å². The number of fused-ring (bicyclic) bond motifs is 2. The summed E-state index contributed by atoms with van der Waals surface area (Å²) in [7, 11) is 0. The minimum absolute atomic E-state index is 0.436. The highest BCUT2D eigenvalue weighted by Gasteiger charge is 2.63. The molecular weight excluding hydrogens is 208 g/mol. The fourth-order valence-corrected chi connectivity index (χ4v) is 4.26. The van der Waals surface area contributed by atoms with Gasteiger partial charge in [0, 0.05) is 11.6 Å². The SMILES string of the molecule is Cc1cc(C2(C)C3CCCC32)c2cncn2c1. The van der Waals surface area contributed by atoms with E-state index in [0.717, 1.165) is 11.8 Å². The van der Waals surface area contributed by atoms with Crippen LogP contribution in [0.5, 0.6) is 0 Å². The van der Waals surface area contributed by atoms with Gasteiger partial charge in [-0.2, -0.15) is 0 Å². The molecule has 2 aromatic rings. The van der Waals surface area contributed by atoms with Gasteiger partial charge in [-0.05, 0) is 42.7 Å². The number of pyridine rings is 1. The number of aryl methyl sites for hydroxylation is 1. The lowest BCUT2D eigenvalue weighted by atomic mass is 9.88. The van der Waals surface area contributed by atoms with Crippen LogP contribution in [-0.2, 0) is 5.41 Å². The molecule has 0 spiro atoms. The van der Waals surface area contributed by atoms with Gasteiger partial charge in [0.1, 0.15) is 0 Å². The van der Waals surface area contributed by atoms with Crippen molar-refractivity contribution in [3.05, 3.63) is 35.9 Å². The molecule has 2 aliphatic carbocycles. The summed E-state index contributed by atoms with van der Waals surface area (Å²) in [6.45, 7) is 4.65. The van der Waals surface area contributed by atoms with E-state index in [2.05, 4.69) is 35.5 Å². The van der Waals surface area contributed by atoms with Gasteiger partial charge in [-0.3, -0.25) is 0 Å². The van der Waals surface area contributed by atoms with Gasteiger partial charge in [-0.25, -0.2) is 4.98 Å². The monoisotopic (exact) mass is 226 g/mol. The third-order valence-electron chi connectivity index (χ3n) is 5.18. The third kappa shape index (κ3) is 1.09. The molecule has 2 heteroatoms. The number of imidazole rings is 1. The third-order valence-corrected chi connectivity index (χ3v) is 5.18. The minimum Gasteiger partial charge on any atom is -0.306 e. The maximum atomic E-state index is 4.30. The summed E-state index contributed by atoms with van der Waals surface area (Å²) >= 11 is 0. The summed E-state index contributed by atoms with van der Waals surface area (Å²) in [6.07, 6.45) is 10.4. The summed E-state index contributed by atoms with van der Waals surface area (Å²) in [6, 6.07) is 2.38. The molecule has 2 atom stereocenters. The van der Waals surface area contributed by atoms with Crippen LogP contribution in [0, 0.1) is 18.8 Å². The molecule has 0 aliphatic heterocycles. The summed E-state index contributed by atoms with van der Waals surface area (Å²) < 4.78 is 2.18. The van der Waals surface area contributed by atoms with E-state index >= 15 is 0 Å². The van der Waals surface area contributed by atoms with E-state index in [1.165, 1.54) is 35.9 Å². The van der Waals surface area contributed by atoms with Crippen molar-refractivity contribution in [2.24, 2.45) is 11.8 Å². The fourth-order valence-electron chi connectivity index (χ4n) is 4.26. The Bertz CT molecular complexity index is 586. The van der Waals surface area contributed by atoms with E-state index < -0.39 is 0 Å². The van der Waals surface area contributed by atoms with Crippen molar-refractivity contribution < 1.29 is 0 Å². The van der Waals surface area contributed by atoms with Crippen molar-refractivity contribution in [1.82, 2.24) is 9.38 Å². The highest BCUT2D eigenvalue weighted by atomic mass is 15.0. The van der Waals surface area contributed by atoms with Crippen LogP contribution in [0.15, 0.2) is 24.8 Å². The second kappa shape index (κ2) is 2.92. The first-order valence-electron chi connectivity index (χ1n) is 6.64. The van der Waals surface area contributed by atoms with Gasteiger partial charge in [0.15, 0.2) is 0 Å². The van der Waals surface area contributed by atoms with Crippen molar-refractivity contribution in [2.75, 3.05) is 0 Å². The van der Waals surface area contributed by atoms with Gasteiger partial charge in [0.05, 0.1) is 18.0 Å². The van der Waals surface area contributed by atoms with E-state index in [1.807, 2.05) is 12.5 Å². The summed E-state index contributed by atoms with van der Waals surface area (Å²) in [5.74, 6) is 1.87. The first-order valence-corrected chi connectivity index (χ1v) is 6.64. The van der Waals surface area contributed by atoms with Crippen molar-refractivity contribution >= 4 is 5.52 Å². The summed E-state index contributed by atoms with van der Waals surface area (Å²) in [5.41, 5.74) is 4.62. The second-order valence-corrected chi connectivity index (χ2v) is 6.04. The van der Waals surface area contributed by atoms with Crippen molar-refractivity contribution in [3.63, 3.8) is 0 Å². The number of hydrogen-bond acceptors (Lipinski definition) is 1. The molecule has 88 valence electrons. The standard InChI is InChI=1S/C15H18N2/c1-10-6-13(14-7-16-9-17(14)8-10)15(2)11-4-3-5-12(11)15/h6-9,11-12H,3-5H2,1-2H3. The Morgan fingerprint density at radius 2 is 2.12 bits per heavy atom. The Morgan fingerprint density at radius 3 is 2.88 bits per heavy atom. The van der Waals surface area contributed by atoms with Crippen LogP contribution in [0.25, 0.3) is 5.52 Å². The molecule has 0 bridgehead atoms. The molecule has 2 heterocycles. The Kier molecular flexibility index (Phi) is 1.67. The molecule has 2 aromatic heterocycles. The second-order valence-electron chi connectivity index (χ2n) is 6.04. The maximum absolute atomic E-state index is 4.30. The molecule has 2 fully saturated rings. The van der Waals surface area contributed by atoms with Gasteiger partial charge < -0.3 is 4.40 Å². The van der Waals surface area contributed by atoms with Crippen LogP contribution in [0.3, 0.4) is 0 Å². The highest BCUT2D eigenvalue weighted by Crippen LogP contribution is 2.68. The van der Waals surface area contributed by atoms with E-state index in [9.17, 15) is 0 Å². The zero-order valence-electron chi connectivity index (χ0n) is 10.5. The quantitative estimate of drug-likeness (QED) is 0.729. The highest BCUT2D eigenvalue weighted by molar-refractivity contribution is 5.61. The summed E-state index contributed by atoms with van der Waals surface area (Å²) in [4.78, 5) is 4.30. The van der Waals surface area contributed by atoms with Crippen LogP contribution in [-0.4, -0.2) is 9.38 Å². The Labute approximate surface area is 102 Å². The van der Waals surface area contributed by atoms with Crippen LogP contribution >= 0.6 is 0 Å². The fraction of sp³-hybridized carbons (Fsp3) is 0.533. The molecule has 17 heavy (non-hydrogen) atoms. The zero-order valence-corrected chi connectivity index (χ0v) is 10.5. The van der Waals surface area contributed by atoms with Gasteiger partial charge >= 0.3 is 0 Å².